The number of para-hydroxylation sites is 2. The van der Waals surface area contributed by atoms with Crippen molar-refractivity contribution in [1.82, 2.24) is 35.7 Å². The zero-order valence-electron chi connectivity index (χ0n) is 24.6. The normalized spacial score (nSPS) is 16.2. The van der Waals surface area contributed by atoms with Crippen molar-refractivity contribution in [2.75, 3.05) is 5.32 Å². The Balaban J connectivity index is 1.16. The molecule has 1 aliphatic carbocycles. The highest BCUT2D eigenvalue weighted by Crippen LogP contribution is 2.26. The molecule has 2 amide bonds. The van der Waals surface area contributed by atoms with E-state index in [-0.39, 0.29) is 36.1 Å². The predicted molar refractivity (Wildman–Crippen MR) is 166 cm³/mol. The largest absolute Gasteiger partial charge is 0.487 e. The number of aromatic amines is 1. The number of rotatable bonds is 12. The Kier molecular flexibility index (Phi) is 9.51. The van der Waals surface area contributed by atoms with Gasteiger partial charge in [-0.25, -0.2) is 9.78 Å². The molecule has 2 heterocycles. The highest BCUT2D eigenvalue weighted by Gasteiger charge is 2.28. The van der Waals surface area contributed by atoms with Crippen molar-refractivity contribution in [3.8, 4) is 17.3 Å². The van der Waals surface area contributed by atoms with E-state index in [1.807, 2.05) is 72.8 Å². The van der Waals surface area contributed by atoms with Gasteiger partial charge in [-0.3, -0.25) is 9.59 Å². The third-order valence-corrected chi connectivity index (χ3v) is 7.62. The third kappa shape index (κ3) is 7.78. The first-order valence-electron chi connectivity index (χ1n) is 15.0. The van der Waals surface area contributed by atoms with Crippen LogP contribution in [0.5, 0.6) is 5.75 Å². The van der Waals surface area contributed by atoms with Gasteiger partial charge in [0.15, 0.2) is 5.82 Å². The van der Waals surface area contributed by atoms with Gasteiger partial charge in [0.2, 0.25) is 5.91 Å². The predicted octanol–water partition coefficient (Wildman–Crippen LogP) is 4.54. The van der Waals surface area contributed by atoms with Crippen LogP contribution in [0.1, 0.15) is 47.3 Å². The Bertz CT molecular complexity index is 1690. The van der Waals surface area contributed by atoms with Crippen molar-refractivity contribution in [2.24, 2.45) is 0 Å². The smallest absolute Gasteiger partial charge is 0.274 e. The van der Waals surface area contributed by atoms with Crippen molar-refractivity contribution in [3.05, 3.63) is 108 Å². The highest BCUT2D eigenvalue weighted by atomic mass is 16.5. The van der Waals surface area contributed by atoms with Gasteiger partial charge in [-0.05, 0) is 46.5 Å². The van der Waals surface area contributed by atoms with E-state index in [0.29, 0.717) is 30.3 Å². The van der Waals surface area contributed by atoms with Crippen molar-refractivity contribution in [2.45, 2.75) is 57.6 Å². The SMILES string of the molecule is O=C(Cn1nc(-c2nnn[nH]2)cc1C(=O)Nc1ccccc1OCc1ccccc1)N[C@H]1CCCC[C@@H]1OCc1ccccc1. The number of benzene rings is 3. The Hall–Kier alpha value is -5.36. The summed E-state index contributed by atoms with van der Waals surface area (Å²) in [5.41, 5.74) is 3.06. The van der Waals surface area contributed by atoms with Crippen LogP contribution in [0.25, 0.3) is 11.5 Å². The van der Waals surface area contributed by atoms with Crippen LogP contribution in [-0.2, 0) is 29.3 Å². The second-order valence-electron chi connectivity index (χ2n) is 10.8. The zero-order valence-corrected chi connectivity index (χ0v) is 24.6. The lowest BCUT2D eigenvalue weighted by atomic mass is 9.92. The maximum absolute atomic E-state index is 13.6. The quantitative estimate of drug-likeness (QED) is 0.187. The summed E-state index contributed by atoms with van der Waals surface area (Å²) in [6, 6.07) is 28.3. The van der Waals surface area contributed by atoms with Gasteiger partial charge in [-0.1, -0.05) is 85.6 Å². The molecule has 0 aliphatic heterocycles. The van der Waals surface area contributed by atoms with Crippen LogP contribution in [0.15, 0.2) is 91.0 Å². The second kappa shape index (κ2) is 14.4. The molecule has 3 aromatic carbocycles. The van der Waals surface area contributed by atoms with Crippen LogP contribution >= 0.6 is 0 Å². The van der Waals surface area contributed by atoms with E-state index in [0.717, 1.165) is 36.8 Å². The van der Waals surface area contributed by atoms with Crippen LogP contribution in [0.3, 0.4) is 0 Å². The Morgan fingerprint density at radius 1 is 0.889 bits per heavy atom. The van der Waals surface area contributed by atoms with Crippen LogP contribution < -0.4 is 15.4 Å². The molecule has 6 rings (SSSR count). The lowest BCUT2D eigenvalue weighted by molar-refractivity contribution is -0.124. The molecule has 12 nitrogen and oxygen atoms in total. The number of hydrogen-bond acceptors (Lipinski definition) is 8. The van der Waals surface area contributed by atoms with Gasteiger partial charge in [0, 0.05) is 6.07 Å². The first kappa shape index (κ1) is 29.7. The Morgan fingerprint density at radius 2 is 1.60 bits per heavy atom. The minimum atomic E-state index is -0.466. The maximum atomic E-state index is 13.6. The van der Waals surface area contributed by atoms with Gasteiger partial charge in [-0.2, -0.15) is 5.10 Å². The van der Waals surface area contributed by atoms with E-state index in [1.165, 1.54) is 4.68 Å². The van der Waals surface area contributed by atoms with Crippen LogP contribution in [0.4, 0.5) is 5.69 Å². The van der Waals surface area contributed by atoms with Gasteiger partial charge in [-0.15, -0.1) is 5.10 Å². The molecule has 5 aromatic rings. The molecule has 0 saturated heterocycles. The molecule has 0 bridgehead atoms. The highest BCUT2D eigenvalue weighted by molar-refractivity contribution is 6.04. The number of aromatic nitrogens is 6. The number of H-pyrrole nitrogens is 1. The van der Waals surface area contributed by atoms with Gasteiger partial charge in [0.05, 0.1) is 24.4 Å². The van der Waals surface area contributed by atoms with Crippen LogP contribution in [0.2, 0.25) is 0 Å². The van der Waals surface area contributed by atoms with E-state index in [2.05, 4.69) is 36.4 Å². The number of carbonyl (C=O) groups excluding carboxylic acids is 2. The Morgan fingerprint density at radius 3 is 2.36 bits per heavy atom. The summed E-state index contributed by atoms with van der Waals surface area (Å²) in [5, 5.41) is 24.4. The van der Waals surface area contributed by atoms with E-state index in [9.17, 15) is 9.59 Å². The van der Waals surface area contributed by atoms with Crippen LogP contribution in [-0.4, -0.2) is 54.4 Å². The number of anilines is 1. The molecule has 0 radical (unpaired) electrons. The fourth-order valence-electron chi connectivity index (χ4n) is 5.35. The number of carbonyl (C=O) groups is 2. The lowest BCUT2D eigenvalue weighted by Crippen LogP contribution is -2.47. The maximum Gasteiger partial charge on any atom is 0.274 e. The average molecular weight is 607 g/mol. The first-order valence-corrected chi connectivity index (χ1v) is 15.0. The van der Waals surface area contributed by atoms with E-state index in [4.69, 9.17) is 9.47 Å². The van der Waals surface area contributed by atoms with Gasteiger partial charge < -0.3 is 20.1 Å². The molecule has 0 spiro atoms. The topological polar surface area (TPSA) is 149 Å². The molecule has 3 N–H and O–H groups in total. The molecule has 1 aliphatic rings. The van der Waals surface area contributed by atoms with E-state index in [1.54, 1.807) is 18.2 Å². The summed E-state index contributed by atoms with van der Waals surface area (Å²) in [4.78, 5) is 27.0. The molecule has 230 valence electrons. The molecular formula is C33H34N8O4. The van der Waals surface area contributed by atoms with E-state index < -0.39 is 5.91 Å². The fourth-order valence-corrected chi connectivity index (χ4v) is 5.35. The number of tetrazole rings is 1. The summed E-state index contributed by atoms with van der Waals surface area (Å²) in [5.74, 6) is 0.0428. The van der Waals surface area contributed by atoms with Crippen molar-refractivity contribution >= 4 is 17.5 Å². The van der Waals surface area contributed by atoms with Gasteiger partial charge in [0.1, 0.15) is 30.3 Å². The number of nitrogens with one attached hydrogen (secondary N) is 3. The van der Waals surface area contributed by atoms with Crippen molar-refractivity contribution in [1.29, 1.82) is 0 Å². The summed E-state index contributed by atoms with van der Waals surface area (Å²) in [6.07, 6.45) is 3.61. The van der Waals surface area contributed by atoms with Gasteiger partial charge >= 0.3 is 0 Å². The molecule has 1 saturated carbocycles. The lowest BCUT2D eigenvalue weighted by Gasteiger charge is -2.32. The molecule has 2 atom stereocenters. The minimum absolute atomic E-state index is 0.105. The second-order valence-corrected chi connectivity index (χ2v) is 10.8. The standard InChI is InChI=1S/C33H34N8O4/c42-31(34-25-15-7-9-17-29(25)44-21-23-11-3-1-4-12-23)20-41-28(19-27(38-41)32-36-39-40-37-32)33(43)35-26-16-8-10-18-30(26)45-22-24-13-5-2-6-14-24/h1-6,8,10-14,16,18-19,25,29H,7,9,15,17,20-22H2,(H,34,42)(H,35,43)(H,36,37,39,40)/t25-,29-/m0/s1. The molecule has 1 fully saturated rings. The third-order valence-electron chi connectivity index (χ3n) is 7.62. The molecule has 2 aromatic heterocycles. The molecule has 0 unspecified atom stereocenters. The Labute approximate surface area is 260 Å². The summed E-state index contributed by atoms with van der Waals surface area (Å²) in [7, 11) is 0. The number of ether oxygens (including phenoxy) is 2. The van der Waals surface area contributed by atoms with Crippen LogP contribution in [0, 0.1) is 0 Å². The zero-order chi connectivity index (χ0) is 30.8. The number of amides is 2. The monoisotopic (exact) mass is 606 g/mol. The van der Waals surface area contributed by atoms with Crippen molar-refractivity contribution in [3.63, 3.8) is 0 Å². The number of hydrogen-bond donors (Lipinski definition) is 3. The fraction of sp³-hybridized carbons (Fsp3) is 0.273. The first-order chi connectivity index (χ1) is 22.1. The van der Waals surface area contributed by atoms with Crippen molar-refractivity contribution < 1.29 is 19.1 Å². The molecular weight excluding hydrogens is 572 g/mol. The molecule has 12 heteroatoms. The molecule has 45 heavy (non-hydrogen) atoms. The van der Waals surface area contributed by atoms with Gasteiger partial charge in [0.25, 0.3) is 5.91 Å². The summed E-state index contributed by atoms with van der Waals surface area (Å²) >= 11 is 0. The number of nitrogens with zero attached hydrogens (tertiary/aromatic N) is 5. The summed E-state index contributed by atoms with van der Waals surface area (Å²) < 4.78 is 13.6. The minimum Gasteiger partial charge on any atom is -0.487 e. The average Bonchev–Trinajstić information content (AvgIpc) is 3.76. The van der Waals surface area contributed by atoms with E-state index >= 15 is 0 Å². The summed E-state index contributed by atoms with van der Waals surface area (Å²) in [6.45, 7) is 0.635.